The van der Waals surface area contributed by atoms with Crippen LogP contribution < -0.4 is 10.9 Å². The van der Waals surface area contributed by atoms with Gasteiger partial charge in [-0.3, -0.25) is 19.1 Å². The summed E-state index contributed by atoms with van der Waals surface area (Å²) in [7, 11) is 9.74. The molecule has 0 radical (unpaired) electrons. The topological polar surface area (TPSA) is 108 Å². The third-order valence-electron chi connectivity index (χ3n) is 4.30. The summed E-state index contributed by atoms with van der Waals surface area (Å²) < 4.78 is 14.3. The van der Waals surface area contributed by atoms with Crippen molar-refractivity contribution < 1.29 is 19.1 Å². The first-order valence-corrected chi connectivity index (χ1v) is 10.0. The van der Waals surface area contributed by atoms with Crippen LogP contribution in [-0.4, -0.2) is 72.4 Å². The molecule has 10 heteroatoms. The van der Waals surface area contributed by atoms with Crippen LogP contribution in [0, 0.1) is 5.82 Å². The molecule has 1 aromatic carbocycles. The monoisotopic (exact) mass is 463 g/mol. The zero-order valence-corrected chi connectivity index (χ0v) is 20.0. The van der Waals surface area contributed by atoms with Gasteiger partial charge in [-0.2, -0.15) is 0 Å². The molecule has 2 heterocycles. The molecular formula is C23H34FN5O4. The fraction of sp³-hybridized carbons (Fsp3) is 0.391. The highest BCUT2D eigenvalue weighted by Crippen LogP contribution is 2.28. The maximum atomic E-state index is 12.9. The van der Waals surface area contributed by atoms with Crippen LogP contribution in [0.2, 0.25) is 0 Å². The molecule has 1 atom stereocenters. The number of nitrogens with one attached hydrogen (secondary N) is 1. The van der Waals surface area contributed by atoms with Crippen molar-refractivity contribution in [1.29, 1.82) is 0 Å². The molecule has 1 aliphatic heterocycles. The molecule has 0 fully saturated rings. The van der Waals surface area contributed by atoms with Crippen LogP contribution in [0.3, 0.4) is 0 Å². The van der Waals surface area contributed by atoms with Crippen LogP contribution in [0.25, 0.3) is 0 Å². The van der Waals surface area contributed by atoms with Crippen LogP contribution >= 0.6 is 0 Å². The van der Waals surface area contributed by atoms with Gasteiger partial charge >= 0.3 is 0 Å². The minimum absolute atomic E-state index is 0.0862. The zero-order chi connectivity index (χ0) is 25.7. The van der Waals surface area contributed by atoms with Gasteiger partial charge in [-0.05, 0) is 59.4 Å². The molecule has 0 aliphatic carbocycles. The van der Waals surface area contributed by atoms with E-state index < -0.39 is 17.2 Å². The summed E-state index contributed by atoms with van der Waals surface area (Å²) in [6.45, 7) is 8.59. The number of carbonyl (C=O) groups excluding carboxylic acids is 2. The minimum atomic E-state index is -0.653. The molecule has 1 unspecified atom stereocenters. The molecule has 9 nitrogen and oxygen atoms in total. The molecule has 2 N–H and O–H groups in total. The number of halogens is 1. The van der Waals surface area contributed by atoms with Crippen molar-refractivity contribution in [2.75, 3.05) is 35.2 Å². The van der Waals surface area contributed by atoms with Crippen molar-refractivity contribution in [3.63, 3.8) is 0 Å². The molecule has 1 aliphatic rings. The molecule has 1 amide bonds. The van der Waals surface area contributed by atoms with Gasteiger partial charge in [0.15, 0.2) is 5.69 Å². The minimum Gasteiger partial charge on any atom is -0.501 e. The summed E-state index contributed by atoms with van der Waals surface area (Å²) in [5.74, 6) is -1.19. The molecule has 182 valence electrons. The predicted molar refractivity (Wildman–Crippen MR) is 127 cm³/mol. The van der Waals surface area contributed by atoms with Gasteiger partial charge in [0.2, 0.25) is 5.75 Å². The highest BCUT2D eigenvalue weighted by molar-refractivity contribution is 5.94. The lowest BCUT2D eigenvalue weighted by Crippen LogP contribution is -2.30. The van der Waals surface area contributed by atoms with E-state index in [9.17, 15) is 19.1 Å². The Labute approximate surface area is 194 Å². The van der Waals surface area contributed by atoms with Gasteiger partial charge in [-0.1, -0.05) is 12.1 Å². The fourth-order valence-electron chi connectivity index (χ4n) is 2.93. The Bertz CT molecular complexity index is 940. The lowest BCUT2D eigenvalue weighted by atomic mass is 10.2. The Morgan fingerprint density at radius 1 is 1.18 bits per heavy atom. The van der Waals surface area contributed by atoms with Crippen LogP contribution in [0.15, 0.2) is 42.2 Å². The van der Waals surface area contributed by atoms with E-state index in [0.29, 0.717) is 24.4 Å². The first kappa shape index (κ1) is 29.6. The van der Waals surface area contributed by atoms with Crippen LogP contribution in [0.4, 0.5) is 4.39 Å². The molecule has 0 saturated heterocycles. The number of amides is 1. The maximum absolute atomic E-state index is 12.9. The van der Waals surface area contributed by atoms with E-state index in [1.165, 1.54) is 16.7 Å². The Morgan fingerprint density at radius 3 is 2.18 bits per heavy atom. The van der Waals surface area contributed by atoms with Crippen molar-refractivity contribution in [2.45, 2.75) is 25.6 Å². The number of benzene rings is 1. The zero-order valence-electron chi connectivity index (χ0n) is 20.0. The number of aromatic nitrogens is 2. The van der Waals surface area contributed by atoms with E-state index in [-0.39, 0.29) is 24.1 Å². The smallest absolute Gasteiger partial charge is 0.296 e. The summed E-state index contributed by atoms with van der Waals surface area (Å²) in [5, 5.41) is 12.7. The van der Waals surface area contributed by atoms with E-state index in [2.05, 4.69) is 23.5 Å². The summed E-state index contributed by atoms with van der Waals surface area (Å²) in [6.07, 6.45) is 0.690. The number of fused-ring (bicyclic) bond motifs is 1. The summed E-state index contributed by atoms with van der Waals surface area (Å²) >= 11 is 0. The average Bonchev–Trinajstić information content (AvgIpc) is 3.22. The van der Waals surface area contributed by atoms with Crippen molar-refractivity contribution in [1.82, 2.24) is 24.7 Å². The first-order valence-electron chi connectivity index (χ1n) is 10.0. The Kier molecular flexibility index (Phi) is 13.2. The second-order valence-electron chi connectivity index (χ2n) is 7.54. The molecular weight excluding hydrogens is 429 g/mol. The summed E-state index contributed by atoms with van der Waals surface area (Å²) in [5.41, 5.74) is -0.202. The Morgan fingerprint density at radius 2 is 1.70 bits per heavy atom. The molecule has 0 bridgehead atoms. The molecule has 0 spiro atoms. The number of aromatic hydroxyl groups is 1. The molecule has 33 heavy (non-hydrogen) atoms. The predicted octanol–water partition coefficient (Wildman–Crippen LogP) is 1.82. The molecule has 0 saturated carbocycles. The second kappa shape index (κ2) is 14.6. The van der Waals surface area contributed by atoms with E-state index in [4.69, 9.17) is 4.79 Å². The largest absolute Gasteiger partial charge is 0.501 e. The van der Waals surface area contributed by atoms with E-state index in [0.717, 1.165) is 0 Å². The lowest BCUT2D eigenvalue weighted by molar-refractivity contribution is -0.0980. The Hall–Kier alpha value is -3.37. The van der Waals surface area contributed by atoms with E-state index in [1.807, 2.05) is 51.8 Å². The first-order chi connectivity index (χ1) is 15.6. The maximum Gasteiger partial charge on any atom is 0.296 e. The van der Waals surface area contributed by atoms with Crippen molar-refractivity contribution in [2.24, 2.45) is 0 Å². The van der Waals surface area contributed by atoms with E-state index in [1.54, 1.807) is 12.1 Å². The SMILES string of the molecule is C=C.C=O.CN(C)C.CN(C)C1CCn2c1nc(C(=O)NCc1ccc(F)cc1)c(O)c2=O. The van der Waals surface area contributed by atoms with Crippen molar-refractivity contribution in [3.8, 4) is 5.75 Å². The second-order valence-corrected chi connectivity index (χ2v) is 7.54. The molecule has 1 aromatic heterocycles. The lowest BCUT2D eigenvalue weighted by Gasteiger charge is -2.18. The van der Waals surface area contributed by atoms with Gasteiger partial charge in [-0.25, -0.2) is 9.37 Å². The number of nitrogens with zero attached hydrogens (tertiary/aromatic N) is 4. The van der Waals surface area contributed by atoms with E-state index >= 15 is 0 Å². The number of carbonyl (C=O) groups is 2. The van der Waals surface area contributed by atoms with Gasteiger partial charge in [0.05, 0.1) is 6.04 Å². The standard InChI is InChI=1S/C17H19FN4O3.C3H9N.C2H4.CH2O/c1-21(2)12-7-8-22-15(12)20-13(14(23)17(22)25)16(24)19-9-10-3-5-11(18)6-4-10;1-4(2)3;2*1-2/h3-6,12,23H,7-9H2,1-2H3,(H,19,24);1-3H3;1-2H2;1H2. The highest BCUT2D eigenvalue weighted by Gasteiger charge is 2.31. The van der Waals surface area contributed by atoms with Crippen molar-refractivity contribution >= 4 is 12.7 Å². The van der Waals surface area contributed by atoms with Gasteiger partial charge in [0.25, 0.3) is 11.5 Å². The van der Waals surface area contributed by atoms with Gasteiger partial charge < -0.3 is 20.1 Å². The molecule has 2 aromatic rings. The molecule has 3 rings (SSSR count). The fourth-order valence-corrected chi connectivity index (χ4v) is 2.93. The summed E-state index contributed by atoms with van der Waals surface area (Å²) in [4.78, 5) is 40.8. The van der Waals surface area contributed by atoms with Crippen molar-refractivity contribution in [3.05, 3.63) is 70.7 Å². The number of hydrogen-bond acceptors (Lipinski definition) is 7. The summed E-state index contributed by atoms with van der Waals surface area (Å²) in [6, 6.07) is 5.59. The van der Waals surface area contributed by atoms with Gasteiger partial charge in [-0.15, -0.1) is 13.2 Å². The van der Waals surface area contributed by atoms with Crippen LogP contribution in [0.1, 0.15) is 34.3 Å². The third-order valence-corrected chi connectivity index (χ3v) is 4.30. The Balaban J connectivity index is 0.00000113. The van der Waals surface area contributed by atoms with Gasteiger partial charge in [0.1, 0.15) is 18.4 Å². The quantitative estimate of drug-likeness (QED) is 0.666. The van der Waals surface area contributed by atoms with Crippen LogP contribution in [0.5, 0.6) is 5.75 Å². The van der Waals surface area contributed by atoms with Crippen LogP contribution in [-0.2, 0) is 17.9 Å². The van der Waals surface area contributed by atoms with Gasteiger partial charge in [0, 0.05) is 13.1 Å². The third kappa shape index (κ3) is 8.59. The number of rotatable bonds is 4. The number of hydrogen-bond donors (Lipinski definition) is 2. The average molecular weight is 464 g/mol. The highest BCUT2D eigenvalue weighted by atomic mass is 19.1. The normalized spacial score (nSPS) is 13.5.